The van der Waals surface area contributed by atoms with Crippen LogP contribution in [0.25, 0.3) is 0 Å². The van der Waals surface area contributed by atoms with Crippen LogP contribution in [0.5, 0.6) is 5.75 Å². The van der Waals surface area contributed by atoms with Gasteiger partial charge in [-0.1, -0.05) is 0 Å². The summed E-state index contributed by atoms with van der Waals surface area (Å²) >= 11 is 0. The van der Waals surface area contributed by atoms with Gasteiger partial charge in [-0.2, -0.15) is 4.98 Å². The molecule has 0 radical (unpaired) electrons. The standard InChI is InChI=1S/C21H23F4N5O2/c1-10-18-19(29(3)11(2)20(31)30(18)5-4-22)28-21(26-10)27-12-6-13(7-12)32-14-8-15(23)17(25)16(24)9-14/h8-9,11-13H,4-7H2,1-3H3,(H,26,27,28)/t11-,12-,13-/m0/s1. The summed E-state index contributed by atoms with van der Waals surface area (Å²) in [6, 6.07) is 1.10. The number of hydrogen-bond acceptors (Lipinski definition) is 6. The van der Waals surface area contributed by atoms with Gasteiger partial charge in [0.05, 0.1) is 12.2 Å². The number of rotatable bonds is 6. The van der Waals surface area contributed by atoms with Crippen molar-refractivity contribution in [3.8, 4) is 5.75 Å². The van der Waals surface area contributed by atoms with Gasteiger partial charge in [-0.15, -0.1) is 0 Å². The summed E-state index contributed by atoms with van der Waals surface area (Å²) < 4.78 is 58.3. The molecule has 2 aliphatic rings. The first kappa shape index (κ1) is 22.1. The molecule has 1 fully saturated rings. The number of amides is 1. The number of aryl methyl sites for hydroxylation is 1. The number of carbonyl (C=O) groups is 1. The number of likely N-dealkylation sites (N-methyl/N-ethyl adjacent to an activating group) is 1. The van der Waals surface area contributed by atoms with Crippen molar-refractivity contribution in [2.75, 3.05) is 35.4 Å². The molecule has 7 nitrogen and oxygen atoms in total. The van der Waals surface area contributed by atoms with Gasteiger partial charge in [0.25, 0.3) is 0 Å². The quantitative estimate of drug-likeness (QED) is 0.534. The summed E-state index contributed by atoms with van der Waals surface area (Å²) in [5.74, 6) is -3.52. The highest BCUT2D eigenvalue weighted by atomic mass is 19.2. The van der Waals surface area contributed by atoms with Gasteiger partial charge in [-0.05, 0) is 13.8 Å². The molecule has 11 heteroatoms. The SMILES string of the molecule is Cc1nc(N[C@H]2C[C@H](Oc3cc(F)c(F)c(F)c3)C2)nc2c1N(CCF)C(=O)[C@H](C)N2C. The Kier molecular flexibility index (Phi) is 5.83. The Morgan fingerprint density at radius 3 is 2.47 bits per heavy atom. The summed E-state index contributed by atoms with van der Waals surface area (Å²) in [6.45, 7) is 2.73. The van der Waals surface area contributed by atoms with Gasteiger partial charge in [-0.3, -0.25) is 4.79 Å². The second-order valence-corrected chi connectivity index (χ2v) is 8.02. The third-order valence-electron chi connectivity index (χ3n) is 5.84. The molecule has 1 aliphatic carbocycles. The minimum atomic E-state index is -1.53. The van der Waals surface area contributed by atoms with E-state index in [0.29, 0.717) is 36.0 Å². The molecule has 1 aromatic carbocycles. The van der Waals surface area contributed by atoms with E-state index in [1.165, 1.54) is 4.90 Å². The van der Waals surface area contributed by atoms with E-state index in [2.05, 4.69) is 15.3 Å². The number of fused-ring (bicyclic) bond motifs is 1. The maximum Gasteiger partial charge on any atom is 0.249 e. The fraction of sp³-hybridized carbons (Fsp3) is 0.476. The van der Waals surface area contributed by atoms with Crippen LogP contribution in [0.2, 0.25) is 0 Å². The van der Waals surface area contributed by atoms with E-state index in [9.17, 15) is 22.4 Å². The second kappa shape index (κ2) is 8.44. The van der Waals surface area contributed by atoms with E-state index in [1.54, 1.807) is 25.8 Å². The maximum atomic E-state index is 13.3. The molecule has 4 rings (SSSR count). The van der Waals surface area contributed by atoms with E-state index in [4.69, 9.17) is 4.74 Å². The van der Waals surface area contributed by atoms with Crippen molar-refractivity contribution < 1.29 is 27.1 Å². The normalized spacial score (nSPS) is 22.5. The summed E-state index contributed by atoms with van der Waals surface area (Å²) in [5.41, 5.74) is 1.04. The number of halogens is 4. The zero-order valence-electron chi connectivity index (χ0n) is 17.8. The Labute approximate surface area is 182 Å². The molecule has 1 saturated carbocycles. The van der Waals surface area contributed by atoms with Crippen LogP contribution >= 0.6 is 0 Å². The zero-order valence-corrected chi connectivity index (χ0v) is 17.8. The number of benzene rings is 1. The van der Waals surface area contributed by atoms with Crippen molar-refractivity contribution in [1.29, 1.82) is 0 Å². The molecule has 172 valence electrons. The highest BCUT2D eigenvalue weighted by Gasteiger charge is 2.37. The van der Waals surface area contributed by atoms with Gasteiger partial charge in [0.2, 0.25) is 11.9 Å². The Morgan fingerprint density at radius 2 is 1.84 bits per heavy atom. The molecule has 2 heterocycles. The number of hydrogen-bond donors (Lipinski definition) is 1. The van der Waals surface area contributed by atoms with Gasteiger partial charge in [-0.25, -0.2) is 22.5 Å². The Bertz CT molecular complexity index is 1020. The lowest BCUT2D eigenvalue weighted by atomic mass is 9.89. The lowest BCUT2D eigenvalue weighted by Gasteiger charge is -2.40. The van der Waals surface area contributed by atoms with Crippen LogP contribution in [0.3, 0.4) is 0 Å². The van der Waals surface area contributed by atoms with Crippen molar-refractivity contribution in [2.45, 2.75) is 44.9 Å². The van der Waals surface area contributed by atoms with Gasteiger partial charge in [0.1, 0.15) is 30.3 Å². The molecule has 2 aromatic rings. The molecule has 1 atom stereocenters. The molecule has 1 N–H and O–H groups in total. The average Bonchev–Trinajstić information content (AvgIpc) is 2.72. The fourth-order valence-electron chi connectivity index (χ4n) is 3.92. The number of nitrogens with one attached hydrogen (secondary N) is 1. The first-order valence-electron chi connectivity index (χ1n) is 10.3. The minimum Gasteiger partial charge on any atom is -0.490 e. The lowest BCUT2D eigenvalue weighted by molar-refractivity contribution is -0.119. The van der Waals surface area contributed by atoms with Crippen molar-refractivity contribution in [1.82, 2.24) is 9.97 Å². The summed E-state index contributed by atoms with van der Waals surface area (Å²) in [5, 5.41) is 3.20. The fourth-order valence-corrected chi connectivity index (χ4v) is 3.92. The number of alkyl halides is 1. The molecule has 0 spiro atoms. The third kappa shape index (κ3) is 3.91. The molecule has 1 aliphatic heterocycles. The number of carbonyl (C=O) groups excluding carboxylic acids is 1. The average molecular weight is 453 g/mol. The van der Waals surface area contributed by atoms with Crippen LogP contribution in [0.15, 0.2) is 12.1 Å². The van der Waals surface area contributed by atoms with Crippen LogP contribution in [-0.4, -0.2) is 54.3 Å². The van der Waals surface area contributed by atoms with Crippen LogP contribution in [0.1, 0.15) is 25.5 Å². The van der Waals surface area contributed by atoms with Gasteiger partial charge >= 0.3 is 0 Å². The Balaban J connectivity index is 1.44. The first-order chi connectivity index (χ1) is 15.2. The van der Waals surface area contributed by atoms with Gasteiger partial charge < -0.3 is 19.9 Å². The number of ether oxygens (including phenoxy) is 1. The van der Waals surface area contributed by atoms with Gasteiger partial charge in [0.15, 0.2) is 23.3 Å². The van der Waals surface area contributed by atoms with Gasteiger partial charge in [0, 0.05) is 38.1 Å². The lowest BCUT2D eigenvalue weighted by Crippen LogP contribution is -2.52. The summed E-state index contributed by atoms with van der Waals surface area (Å²) in [6.07, 6.45) is 0.758. The Morgan fingerprint density at radius 1 is 1.19 bits per heavy atom. The van der Waals surface area contributed by atoms with Crippen molar-refractivity contribution in [3.63, 3.8) is 0 Å². The largest absolute Gasteiger partial charge is 0.490 e. The molecule has 0 saturated heterocycles. The van der Waals surface area contributed by atoms with Crippen LogP contribution in [-0.2, 0) is 4.79 Å². The molecule has 1 amide bonds. The maximum absolute atomic E-state index is 13.3. The minimum absolute atomic E-state index is 0.0394. The van der Waals surface area contributed by atoms with E-state index in [1.807, 2.05) is 0 Å². The zero-order chi connectivity index (χ0) is 23.2. The molecule has 0 bridgehead atoms. The van der Waals surface area contributed by atoms with E-state index >= 15 is 0 Å². The predicted octanol–water partition coefficient (Wildman–Crippen LogP) is 3.37. The number of anilines is 3. The Hall–Kier alpha value is -3.11. The molecular formula is C21H23F4N5O2. The topological polar surface area (TPSA) is 70.6 Å². The first-order valence-corrected chi connectivity index (χ1v) is 10.3. The highest BCUT2D eigenvalue weighted by Crippen LogP contribution is 2.37. The van der Waals surface area contributed by atoms with Crippen molar-refractivity contribution >= 4 is 23.4 Å². The molecular weight excluding hydrogens is 430 g/mol. The van der Waals surface area contributed by atoms with E-state index < -0.39 is 30.2 Å². The van der Waals surface area contributed by atoms with Crippen LogP contribution < -0.4 is 19.9 Å². The summed E-state index contributed by atoms with van der Waals surface area (Å²) in [4.78, 5) is 24.7. The molecule has 0 unspecified atom stereocenters. The predicted molar refractivity (Wildman–Crippen MR) is 110 cm³/mol. The number of nitrogens with zero attached hydrogens (tertiary/aromatic N) is 4. The molecule has 1 aromatic heterocycles. The van der Waals surface area contributed by atoms with Crippen molar-refractivity contribution in [3.05, 3.63) is 35.3 Å². The summed E-state index contributed by atoms with van der Waals surface area (Å²) in [7, 11) is 1.75. The van der Waals surface area contributed by atoms with Crippen LogP contribution in [0.4, 0.5) is 35.0 Å². The van der Waals surface area contributed by atoms with E-state index in [0.717, 1.165) is 12.1 Å². The van der Waals surface area contributed by atoms with Crippen LogP contribution in [0, 0.1) is 24.4 Å². The monoisotopic (exact) mass is 453 g/mol. The molecule has 32 heavy (non-hydrogen) atoms. The smallest absolute Gasteiger partial charge is 0.249 e. The second-order valence-electron chi connectivity index (χ2n) is 8.02. The van der Waals surface area contributed by atoms with E-state index in [-0.39, 0.29) is 30.3 Å². The van der Waals surface area contributed by atoms with Crippen molar-refractivity contribution in [2.24, 2.45) is 0 Å². The third-order valence-corrected chi connectivity index (χ3v) is 5.84. The number of aromatic nitrogens is 2. The highest BCUT2D eigenvalue weighted by molar-refractivity contribution is 6.05.